The van der Waals surface area contributed by atoms with E-state index < -0.39 is 5.82 Å². The van der Waals surface area contributed by atoms with Crippen LogP contribution in [0.15, 0.2) is 55.1 Å². The Morgan fingerprint density at radius 1 is 1.11 bits per heavy atom. The molecule has 2 N–H and O–H groups in total. The number of aryl methyl sites for hydroxylation is 1. The predicted molar refractivity (Wildman–Crippen MR) is 134 cm³/mol. The second-order valence-corrected chi connectivity index (χ2v) is 8.84. The fraction of sp³-hybridized carbons (Fsp3) is 0.231. The van der Waals surface area contributed by atoms with Crippen LogP contribution in [0, 0.1) is 5.82 Å². The number of nitrogens with zero attached hydrogens (tertiary/aromatic N) is 5. The summed E-state index contributed by atoms with van der Waals surface area (Å²) in [6, 6.07) is 8.91. The number of hydrogen-bond acceptors (Lipinski definition) is 5. The number of carbonyl (C=O) groups is 1. The number of carbonyl (C=O) groups excluding carboxylic acids is 1. The molecule has 0 fully saturated rings. The van der Waals surface area contributed by atoms with Gasteiger partial charge in [-0.25, -0.2) is 9.37 Å². The Kier molecular flexibility index (Phi) is 6.00. The second-order valence-electron chi connectivity index (χ2n) is 8.84. The molecule has 0 bridgehead atoms. The third-order valence-electron chi connectivity index (χ3n) is 5.96. The highest BCUT2D eigenvalue weighted by Crippen LogP contribution is 2.36. The summed E-state index contributed by atoms with van der Waals surface area (Å²) in [6.07, 6.45) is 7.44. The average molecular weight is 472 g/mol. The van der Waals surface area contributed by atoms with Gasteiger partial charge in [0.05, 0.1) is 29.8 Å². The molecule has 5 rings (SSSR count). The lowest BCUT2D eigenvalue weighted by Gasteiger charge is -2.10. The molecule has 4 heterocycles. The van der Waals surface area contributed by atoms with Gasteiger partial charge in [0, 0.05) is 47.3 Å². The van der Waals surface area contributed by atoms with Crippen LogP contribution in [0.5, 0.6) is 0 Å². The van der Waals surface area contributed by atoms with Crippen molar-refractivity contribution in [3.63, 3.8) is 0 Å². The zero-order valence-corrected chi connectivity index (χ0v) is 19.8. The Labute approximate surface area is 201 Å². The normalized spacial score (nSPS) is 11.6. The Morgan fingerprint density at radius 3 is 2.63 bits per heavy atom. The van der Waals surface area contributed by atoms with E-state index in [2.05, 4.69) is 30.3 Å². The van der Waals surface area contributed by atoms with E-state index in [0.29, 0.717) is 34.3 Å². The molecule has 0 aliphatic heterocycles. The van der Waals surface area contributed by atoms with E-state index in [1.54, 1.807) is 41.3 Å². The van der Waals surface area contributed by atoms with Crippen molar-refractivity contribution in [1.82, 2.24) is 34.9 Å². The molecule has 0 spiro atoms. The summed E-state index contributed by atoms with van der Waals surface area (Å²) >= 11 is 0. The van der Waals surface area contributed by atoms with Crippen molar-refractivity contribution >= 4 is 27.8 Å². The lowest BCUT2D eigenvalue weighted by molar-refractivity contribution is 0.0952. The molecule has 0 unspecified atom stereocenters. The first-order valence-corrected chi connectivity index (χ1v) is 11.4. The van der Waals surface area contributed by atoms with Crippen LogP contribution >= 0.6 is 0 Å². The first-order chi connectivity index (χ1) is 16.9. The van der Waals surface area contributed by atoms with Gasteiger partial charge < -0.3 is 15.2 Å². The summed E-state index contributed by atoms with van der Waals surface area (Å²) in [5, 5.41) is 8.64. The first-order valence-electron chi connectivity index (χ1n) is 11.4. The van der Waals surface area contributed by atoms with Gasteiger partial charge in [-0.05, 0) is 50.8 Å². The van der Waals surface area contributed by atoms with E-state index in [4.69, 9.17) is 0 Å². The van der Waals surface area contributed by atoms with E-state index in [1.165, 1.54) is 6.20 Å². The number of fused-ring (bicyclic) bond motifs is 3. The van der Waals surface area contributed by atoms with Gasteiger partial charge >= 0.3 is 0 Å². The predicted octanol–water partition coefficient (Wildman–Crippen LogP) is 4.00. The maximum Gasteiger partial charge on any atom is 0.251 e. The van der Waals surface area contributed by atoms with E-state index in [-0.39, 0.29) is 5.91 Å². The van der Waals surface area contributed by atoms with Gasteiger partial charge in [-0.3, -0.25) is 14.5 Å². The highest BCUT2D eigenvalue weighted by Gasteiger charge is 2.18. The quantitative estimate of drug-likeness (QED) is 0.350. The molecule has 0 aliphatic rings. The van der Waals surface area contributed by atoms with Crippen molar-refractivity contribution in [1.29, 1.82) is 0 Å². The van der Waals surface area contributed by atoms with E-state index >= 15 is 4.39 Å². The Bertz CT molecular complexity index is 1520. The van der Waals surface area contributed by atoms with E-state index in [9.17, 15) is 4.79 Å². The maximum atomic E-state index is 15.2. The molecule has 9 heteroatoms. The molecular formula is C26H26FN7O. The zero-order valence-electron chi connectivity index (χ0n) is 19.8. The fourth-order valence-electron chi connectivity index (χ4n) is 4.22. The number of nitrogens with one attached hydrogen (secondary N) is 2. The first kappa shape index (κ1) is 22.7. The minimum atomic E-state index is -0.431. The van der Waals surface area contributed by atoms with Crippen molar-refractivity contribution in [3.8, 4) is 22.4 Å². The number of rotatable bonds is 7. The second kappa shape index (κ2) is 9.27. The van der Waals surface area contributed by atoms with Crippen molar-refractivity contribution in [2.75, 3.05) is 27.2 Å². The number of hydrogen-bond donors (Lipinski definition) is 2. The number of pyridine rings is 2. The Balaban J connectivity index is 1.51. The highest BCUT2D eigenvalue weighted by atomic mass is 19.1. The van der Waals surface area contributed by atoms with Crippen LogP contribution in [0.2, 0.25) is 0 Å². The minimum absolute atomic E-state index is 0.144. The van der Waals surface area contributed by atoms with Crippen LogP contribution < -0.4 is 5.32 Å². The molecule has 0 saturated heterocycles. The largest absolute Gasteiger partial charge is 0.352 e. The molecule has 5 aromatic rings. The Hall–Kier alpha value is -4.11. The van der Waals surface area contributed by atoms with Crippen LogP contribution in [0.4, 0.5) is 4.39 Å². The van der Waals surface area contributed by atoms with E-state index in [1.807, 2.05) is 33.4 Å². The molecule has 1 amide bonds. The van der Waals surface area contributed by atoms with Crippen molar-refractivity contribution in [2.24, 2.45) is 7.05 Å². The number of benzene rings is 1. The summed E-state index contributed by atoms with van der Waals surface area (Å²) in [7, 11) is 5.85. The smallest absolute Gasteiger partial charge is 0.251 e. The minimum Gasteiger partial charge on any atom is -0.352 e. The van der Waals surface area contributed by atoms with Gasteiger partial charge in [0.15, 0.2) is 0 Å². The molecule has 0 saturated carbocycles. The number of halogens is 1. The standard InChI is InChI=1S/C26H26FN7O/c1-33(2)10-4-9-28-26(35)17-7-5-16(6-8-17)23-20(27)13-30-25-24(23)19-11-21(29-14-22(19)32-25)18-12-31-34(3)15-18/h5-8,11-15H,4,9-10H2,1-3H3,(H,28,35)(H,30,32). The van der Waals surface area contributed by atoms with Crippen LogP contribution in [0.1, 0.15) is 16.8 Å². The van der Waals surface area contributed by atoms with Gasteiger partial charge in [0.25, 0.3) is 5.91 Å². The summed E-state index contributed by atoms with van der Waals surface area (Å²) in [5.74, 6) is -0.575. The maximum absolute atomic E-state index is 15.2. The molecular weight excluding hydrogens is 445 g/mol. The third-order valence-corrected chi connectivity index (χ3v) is 5.96. The molecule has 35 heavy (non-hydrogen) atoms. The lowest BCUT2D eigenvalue weighted by Crippen LogP contribution is -2.27. The molecule has 178 valence electrons. The van der Waals surface area contributed by atoms with Crippen LogP contribution in [-0.4, -0.2) is 62.7 Å². The topological polar surface area (TPSA) is 91.7 Å². The van der Waals surface area contributed by atoms with E-state index in [0.717, 1.165) is 35.1 Å². The van der Waals surface area contributed by atoms with Crippen LogP contribution in [0.25, 0.3) is 44.3 Å². The lowest BCUT2D eigenvalue weighted by atomic mass is 9.99. The highest BCUT2D eigenvalue weighted by molar-refractivity contribution is 6.13. The molecule has 8 nitrogen and oxygen atoms in total. The number of amides is 1. The molecule has 0 aliphatic carbocycles. The van der Waals surface area contributed by atoms with Gasteiger partial charge in [0.2, 0.25) is 0 Å². The third kappa shape index (κ3) is 4.50. The monoisotopic (exact) mass is 471 g/mol. The van der Waals surface area contributed by atoms with Gasteiger partial charge in [-0.1, -0.05) is 12.1 Å². The van der Waals surface area contributed by atoms with Gasteiger partial charge in [-0.2, -0.15) is 5.10 Å². The molecule has 1 aromatic carbocycles. The van der Waals surface area contributed by atoms with Crippen molar-refractivity contribution < 1.29 is 9.18 Å². The molecule has 0 radical (unpaired) electrons. The van der Waals surface area contributed by atoms with Crippen LogP contribution in [-0.2, 0) is 7.05 Å². The molecule has 4 aromatic heterocycles. The number of aromatic nitrogens is 5. The summed E-state index contributed by atoms with van der Waals surface area (Å²) in [5.41, 5.74) is 4.58. The van der Waals surface area contributed by atoms with Gasteiger partial charge in [0.1, 0.15) is 11.5 Å². The van der Waals surface area contributed by atoms with Crippen LogP contribution in [0.3, 0.4) is 0 Å². The van der Waals surface area contributed by atoms with Gasteiger partial charge in [-0.15, -0.1) is 0 Å². The Morgan fingerprint density at radius 2 is 1.91 bits per heavy atom. The summed E-state index contributed by atoms with van der Waals surface area (Å²) in [4.78, 5) is 26.6. The number of aromatic amines is 1. The van der Waals surface area contributed by atoms with Crippen molar-refractivity contribution in [3.05, 3.63) is 66.5 Å². The number of H-pyrrole nitrogens is 1. The summed E-state index contributed by atoms with van der Waals surface area (Å²) < 4.78 is 16.9. The average Bonchev–Trinajstić information content (AvgIpc) is 3.45. The van der Waals surface area contributed by atoms with Crippen molar-refractivity contribution in [2.45, 2.75) is 6.42 Å². The zero-order chi connectivity index (χ0) is 24.5. The molecule has 0 atom stereocenters. The fourth-order valence-corrected chi connectivity index (χ4v) is 4.22. The summed E-state index contributed by atoms with van der Waals surface area (Å²) in [6.45, 7) is 1.50. The SMILES string of the molecule is CN(C)CCCNC(=O)c1ccc(-c2c(F)cnc3[nH]c4cnc(-c5cnn(C)c5)cc4c23)cc1.